The molecule has 0 spiro atoms. The molecule has 0 fully saturated rings. The summed E-state index contributed by atoms with van der Waals surface area (Å²) in [6.45, 7) is 8.76. The third-order valence-corrected chi connectivity index (χ3v) is 9.39. The summed E-state index contributed by atoms with van der Waals surface area (Å²) in [6.07, 6.45) is 9.28. The van der Waals surface area contributed by atoms with Gasteiger partial charge in [0.05, 0.1) is 0 Å². The lowest BCUT2D eigenvalue weighted by atomic mass is 10.0. The first-order valence-corrected chi connectivity index (χ1v) is 15.0. The summed E-state index contributed by atoms with van der Waals surface area (Å²) in [5, 5.41) is 0.370. The third-order valence-electron chi connectivity index (χ3n) is 6.88. The summed E-state index contributed by atoms with van der Waals surface area (Å²) in [4.78, 5) is 0. The van der Waals surface area contributed by atoms with E-state index in [1.54, 1.807) is 0 Å². The Balaban J connectivity index is 1.73. The van der Waals surface area contributed by atoms with Gasteiger partial charge >= 0.3 is 0 Å². The molecule has 0 saturated carbocycles. The van der Waals surface area contributed by atoms with Gasteiger partial charge in [0.2, 0.25) is 0 Å². The molecule has 0 radical (unpaired) electrons. The average Bonchev–Trinajstić information content (AvgIpc) is 2.89. The second kappa shape index (κ2) is 13.0. The highest BCUT2D eigenvalue weighted by molar-refractivity contribution is 9.10. The first-order chi connectivity index (χ1) is 17.8. The van der Waals surface area contributed by atoms with E-state index in [2.05, 4.69) is 169 Å². The first kappa shape index (κ1) is 27.7. The fraction of sp³-hybridized carbons (Fsp3) is 0.176. The van der Waals surface area contributed by atoms with E-state index in [0.29, 0.717) is 0 Å². The molecule has 0 aliphatic rings. The summed E-state index contributed by atoms with van der Waals surface area (Å²) in [5.41, 5.74) is 10.4. The second-order valence-electron chi connectivity index (χ2n) is 9.38. The molecule has 3 heteroatoms. The summed E-state index contributed by atoms with van der Waals surface area (Å²) < 4.78 is 2.19. The van der Waals surface area contributed by atoms with Crippen LogP contribution in [0.15, 0.2) is 106 Å². The lowest BCUT2D eigenvalue weighted by molar-refractivity contribution is 1.17. The van der Waals surface area contributed by atoms with E-state index >= 15 is 0 Å². The van der Waals surface area contributed by atoms with E-state index < -0.39 is 0 Å². The van der Waals surface area contributed by atoms with Crippen LogP contribution < -0.4 is 0 Å². The molecule has 4 rings (SSSR count). The highest BCUT2D eigenvalue weighted by Crippen LogP contribution is 2.43. The molecule has 0 nitrogen and oxygen atoms in total. The number of aryl methyl sites for hydroxylation is 2. The number of halogens is 2. The van der Waals surface area contributed by atoms with E-state index in [1.807, 2.05) is 11.8 Å². The predicted molar refractivity (Wildman–Crippen MR) is 171 cm³/mol. The highest BCUT2D eigenvalue weighted by atomic mass is 79.9. The van der Waals surface area contributed by atoms with Crippen LogP contribution in [-0.2, 0) is 0 Å². The van der Waals surface area contributed by atoms with Crippen molar-refractivity contribution in [1.29, 1.82) is 0 Å². The van der Waals surface area contributed by atoms with Crippen LogP contribution in [-0.4, -0.2) is 0 Å². The molecule has 4 aromatic carbocycles. The Morgan fingerprint density at radius 1 is 0.541 bits per heavy atom. The van der Waals surface area contributed by atoms with Crippen LogP contribution in [0.4, 0.5) is 0 Å². The minimum absolute atomic E-state index is 0.185. The van der Waals surface area contributed by atoms with Gasteiger partial charge in [-0.3, -0.25) is 0 Å². The number of rotatable bonds is 8. The maximum atomic E-state index is 3.60. The van der Waals surface area contributed by atoms with Gasteiger partial charge in [-0.25, -0.2) is 0 Å². The van der Waals surface area contributed by atoms with E-state index in [-0.39, 0.29) is 10.5 Å². The molecule has 188 valence electrons. The van der Waals surface area contributed by atoms with Crippen molar-refractivity contribution in [3.63, 3.8) is 0 Å². The van der Waals surface area contributed by atoms with Gasteiger partial charge in [-0.1, -0.05) is 117 Å². The van der Waals surface area contributed by atoms with E-state index in [1.165, 1.54) is 44.5 Å². The zero-order chi connectivity index (χ0) is 26.4. The largest absolute Gasteiger partial charge is 0.137 e. The Hall–Kier alpha value is -2.33. The van der Waals surface area contributed by atoms with Gasteiger partial charge in [0.1, 0.15) is 0 Å². The van der Waals surface area contributed by atoms with Crippen molar-refractivity contribution in [2.75, 3.05) is 0 Å². The molecule has 0 amide bonds. The lowest BCUT2D eigenvalue weighted by Crippen LogP contribution is -1.98. The van der Waals surface area contributed by atoms with Gasteiger partial charge in [0.15, 0.2) is 0 Å². The normalized spacial score (nSPS) is 13.4. The Morgan fingerprint density at radius 3 is 1.30 bits per heavy atom. The van der Waals surface area contributed by atoms with Crippen molar-refractivity contribution in [2.45, 2.75) is 38.2 Å². The van der Waals surface area contributed by atoms with Gasteiger partial charge in [-0.05, 0) is 96.5 Å². The van der Waals surface area contributed by atoms with Crippen molar-refractivity contribution < 1.29 is 0 Å². The van der Waals surface area contributed by atoms with E-state index in [9.17, 15) is 0 Å². The molecule has 0 aliphatic heterocycles. The second-order valence-corrected chi connectivity index (χ2v) is 12.5. The van der Waals surface area contributed by atoms with Gasteiger partial charge in [0.25, 0.3) is 0 Å². The molecule has 0 aliphatic carbocycles. The third kappa shape index (κ3) is 7.37. The van der Waals surface area contributed by atoms with Crippen LogP contribution in [0.5, 0.6) is 0 Å². The maximum Gasteiger partial charge on any atom is 0.0489 e. The van der Waals surface area contributed by atoms with Crippen molar-refractivity contribution in [3.8, 4) is 0 Å². The van der Waals surface area contributed by atoms with Crippen molar-refractivity contribution >= 4 is 55.8 Å². The van der Waals surface area contributed by atoms with Gasteiger partial charge in [-0.15, -0.1) is 11.8 Å². The Kier molecular flexibility index (Phi) is 9.70. The van der Waals surface area contributed by atoms with Gasteiger partial charge < -0.3 is 0 Å². The fourth-order valence-electron chi connectivity index (χ4n) is 4.22. The van der Waals surface area contributed by atoms with Crippen molar-refractivity contribution in [1.82, 2.24) is 0 Å². The van der Waals surface area contributed by atoms with Crippen LogP contribution >= 0.6 is 43.6 Å². The van der Waals surface area contributed by atoms with Gasteiger partial charge in [0, 0.05) is 19.4 Å². The standard InChI is InChI=1S/C34H32Br2S/c1-23-7-5-9-27(25(23)3)15-21-33(29-11-17-31(35)18-12-29)37-34(30-13-19-32(36)20-14-30)22-16-28-10-6-8-24(2)26(28)4/h5-22,33-34H,1-4H3. The number of hydrogen-bond acceptors (Lipinski definition) is 1. The van der Waals surface area contributed by atoms with E-state index in [0.717, 1.165) is 8.95 Å². The molecular formula is C34H32Br2S. The number of hydrogen-bond donors (Lipinski definition) is 0. The quantitative estimate of drug-likeness (QED) is 0.186. The molecule has 0 bridgehead atoms. The van der Waals surface area contributed by atoms with Crippen LogP contribution in [0.25, 0.3) is 12.2 Å². The zero-order valence-corrected chi connectivity index (χ0v) is 25.7. The summed E-state index contributed by atoms with van der Waals surface area (Å²) in [6, 6.07) is 30.5. The molecule has 0 heterocycles. The smallest absolute Gasteiger partial charge is 0.0489 e. The summed E-state index contributed by atoms with van der Waals surface area (Å²) in [7, 11) is 0. The topological polar surface area (TPSA) is 0 Å². The van der Waals surface area contributed by atoms with Crippen LogP contribution in [0.3, 0.4) is 0 Å². The molecule has 2 unspecified atom stereocenters. The van der Waals surface area contributed by atoms with Crippen molar-refractivity contribution in [3.05, 3.63) is 151 Å². The predicted octanol–water partition coefficient (Wildman–Crippen LogP) is 11.4. The van der Waals surface area contributed by atoms with Crippen LogP contribution in [0, 0.1) is 27.7 Å². The first-order valence-electron chi connectivity index (χ1n) is 12.5. The maximum absolute atomic E-state index is 3.60. The molecule has 0 N–H and O–H groups in total. The average molecular weight is 633 g/mol. The van der Waals surface area contributed by atoms with Crippen LogP contribution in [0.2, 0.25) is 0 Å². The fourth-order valence-corrected chi connectivity index (χ4v) is 6.04. The Morgan fingerprint density at radius 2 is 0.919 bits per heavy atom. The zero-order valence-electron chi connectivity index (χ0n) is 21.7. The molecule has 4 aromatic rings. The van der Waals surface area contributed by atoms with Gasteiger partial charge in [-0.2, -0.15) is 0 Å². The number of benzene rings is 4. The Bertz CT molecular complexity index is 1290. The highest BCUT2D eigenvalue weighted by Gasteiger charge is 2.17. The monoisotopic (exact) mass is 630 g/mol. The SMILES string of the molecule is Cc1cccc(C=CC(SC(C=Cc2cccc(C)c2C)c2ccc(Br)cc2)c2ccc(Br)cc2)c1C. The van der Waals surface area contributed by atoms with Crippen LogP contribution in [0.1, 0.15) is 55.0 Å². The van der Waals surface area contributed by atoms with Crippen molar-refractivity contribution in [2.24, 2.45) is 0 Å². The lowest BCUT2D eigenvalue weighted by Gasteiger charge is -2.21. The summed E-state index contributed by atoms with van der Waals surface area (Å²) in [5.74, 6) is 0. The Labute approximate surface area is 243 Å². The minimum atomic E-state index is 0.185. The molecule has 37 heavy (non-hydrogen) atoms. The number of thioether (sulfide) groups is 1. The van der Waals surface area contributed by atoms with E-state index in [4.69, 9.17) is 0 Å². The summed E-state index contributed by atoms with van der Waals surface area (Å²) >= 11 is 9.17. The molecular weight excluding hydrogens is 600 g/mol. The molecule has 0 saturated heterocycles. The minimum Gasteiger partial charge on any atom is -0.137 e. The molecule has 0 aromatic heterocycles. The molecule has 2 atom stereocenters.